The van der Waals surface area contributed by atoms with E-state index in [1.54, 1.807) is 21.0 Å². The average molecular weight is 199 g/mol. The van der Waals surface area contributed by atoms with Crippen molar-refractivity contribution in [2.75, 3.05) is 27.2 Å². The van der Waals surface area contributed by atoms with Gasteiger partial charge in [0, 0.05) is 0 Å². The molecule has 4 heteroatoms. The van der Waals surface area contributed by atoms with Crippen LogP contribution >= 0.6 is 0 Å². The van der Waals surface area contributed by atoms with Gasteiger partial charge in [0.1, 0.15) is 6.54 Å². The fourth-order valence-electron chi connectivity index (χ4n) is 1.05. The van der Waals surface area contributed by atoms with E-state index in [0.717, 1.165) is 0 Å². The molecular weight excluding hydrogens is 182 g/mol. The minimum Gasteiger partial charge on any atom is -0.544 e. The minimum atomic E-state index is -1.10. The molecule has 0 radical (unpaired) electrons. The van der Waals surface area contributed by atoms with Crippen molar-refractivity contribution in [3.8, 4) is 0 Å². The Balaban J connectivity index is 4.05. The maximum absolute atomic E-state index is 11.2. The number of hydrogen-bond donors (Lipinski definition) is 0. The molecule has 0 saturated carbocycles. The van der Waals surface area contributed by atoms with Crippen LogP contribution in [0.2, 0.25) is 0 Å². The van der Waals surface area contributed by atoms with Crippen molar-refractivity contribution in [3.05, 3.63) is 12.2 Å². The first-order valence-corrected chi connectivity index (χ1v) is 4.45. The summed E-state index contributed by atoms with van der Waals surface area (Å²) in [5.41, 5.74) is 0.512. The van der Waals surface area contributed by atoms with Crippen molar-refractivity contribution in [2.45, 2.75) is 13.3 Å². The fourth-order valence-corrected chi connectivity index (χ4v) is 1.05. The maximum Gasteiger partial charge on any atom is 0.163 e. The Hall–Kier alpha value is -1.16. The maximum atomic E-state index is 11.2. The van der Waals surface area contributed by atoms with Gasteiger partial charge in [-0.25, -0.2) is 0 Å². The van der Waals surface area contributed by atoms with Crippen molar-refractivity contribution < 1.29 is 19.2 Å². The molecule has 0 aliphatic rings. The molecule has 0 aromatic rings. The second-order valence-electron chi connectivity index (χ2n) is 4.14. The molecule has 0 amide bonds. The number of likely N-dealkylation sites (N-methyl/N-ethyl adjacent to an activating group) is 1. The van der Waals surface area contributed by atoms with Crippen molar-refractivity contribution in [2.24, 2.45) is 0 Å². The number of allylic oxidation sites excluding steroid dienone is 1. The molecule has 0 fully saturated rings. The van der Waals surface area contributed by atoms with E-state index in [1.165, 1.54) is 0 Å². The summed E-state index contributed by atoms with van der Waals surface area (Å²) in [6.07, 6.45) is 0.329. The SMILES string of the molecule is C=C(C)C(=O)CC[N+](C)(C)CC(=O)[O-]. The smallest absolute Gasteiger partial charge is 0.163 e. The van der Waals surface area contributed by atoms with Crippen LogP contribution in [0.4, 0.5) is 0 Å². The molecular formula is C10H17NO3. The topological polar surface area (TPSA) is 57.2 Å². The normalized spacial score (nSPS) is 11.1. The standard InChI is InChI=1S/C10H17NO3/c1-8(2)9(12)5-6-11(3,4)7-10(13)14/h1,5-7H2,2-4H3. The molecule has 0 aliphatic carbocycles. The van der Waals surface area contributed by atoms with Gasteiger partial charge in [-0.1, -0.05) is 6.58 Å². The molecule has 0 N–H and O–H groups in total. The van der Waals surface area contributed by atoms with E-state index in [0.29, 0.717) is 18.5 Å². The highest BCUT2D eigenvalue weighted by Gasteiger charge is 2.17. The zero-order valence-electron chi connectivity index (χ0n) is 9.00. The summed E-state index contributed by atoms with van der Waals surface area (Å²) in [5, 5.41) is 10.4. The Bertz CT molecular complexity index is 256. The summed E-state index contributed by atoms with van der Waals surface area (Å²) in [6.45, 7) is 5.59. The number of rotatable bonds is 6. The van der Waals surface area contributed by atoms with Crippen LogP contribution in [-0.2, 0) is 9.59 Å². The number of aliphatic carboxylic acids is 1. The predicted octanol–water partition coefficient (Wildman–Crippen LogP) is -0.652. The van der Waals surface area contributed by atoms with Gasteiger partial charge in [0.15, 0.2) is 5.78 Å². The molecule has 80 valence electrons. The molecule has 0 aromatic carbocycles. The van der Waals surface area contributed by atoms with Crippen molar-refractivity contribution in [1.82, 2.24) is 0 Å². The highest BCUT2D eigenvalue weighted by molar-refractivity contribution is 5.94. The Morgan fingerprint density at radius 1 is 1.36 bits per heavy atom. The van der Waals surface area contributed by atoms with E-state index >= 15 is 0 Å². The zero-order valence-corrected chi connectivity index (χ0v) is 9.00. The Morgan fingerprint density at radius 3 is 2.21 bits per heavy atom. The van der Waals surface area contributed by atoms with Crippen LogP contribution < -0.4 is 5.11 Å². The van der Waals surface area contributed by atoms with Crippen molar-refractivity contribution in [1.29, 1.82) is 0 Å². The summed E-state index contributed by atoms with van der Waals surface area (Å²) in [5.74, 6) is -1.12. The highest BCUT2D eigenvalue weighted by atomic mass is 16.4. The highest BCUT2D eigenvalue weighted by Crippen LogP contribution is 2.02. The summed E-state index contributed by atoms with van der Waals surface area (Å²) in [4.78, 5) is 21.6. The number of carboxylic acids is 1. The lowest BCUT2D eigenvalue weighted by molar-refractivity contribution is -0.884. The number of carbonyl (C=O) groups is 2. The second-order valence-corrected chi connectivity index (χ2v) is 4.14. The van der Waals surface area contributed by atoms with Gasteiger partial charge in [0.05, 0.1) is 33.0 Å². The number of quaternary nitrogens is 1. The number of carbonyl (C=O) groups excluding carboxylic acids is 2. The third kappa shape index (κ3) is 5.48. The minimum absolute atomic E-state index is 0.0189. The molecule has 0 rings (SSSR count). The fraction of sp³-hybridized carbons (Fsp3) is 0.600. The summed E-state index contributed by atoms with van der Waals surface area (Å²) >= 11 is 0. The lowest BCUT2D eigenvalue weighted by Crippen LogP contribution is -2.49. The van der Waals surface area contributed by atoms with Crippen LogP contribution in [0.1, 0.15) is 13.3 Å². The molecule has 4 nitrogen and oxygen atoms in total. The quantitative estimate of drug-likeness (QED) is 0.422. The van der Waals surface area contributed by atoms with Gasteiger partial charge in [0.25, 0.3) is 0 Å². The van der Waals surface area contributed by atoms with E-state index in [9.17, 15) is 14.7 Å². The molecule has 0 heterocycles. The third-order valence-electron chi connectivity index (χ3n) is 1.98. The van der Waals surface area contributed by atoms with Gasteiger partial charge < -0.3 is 14.4 Å². The summed E-state index contributed by atoms with van der Waals surface area (Å²) < 4.78 is 0.251. The molecule has 0 aliphatic heterocycles. The molecule has 0 bridgehead atoms. The van der Waals surface area contributed by atoms with Gasteiger partial charge in [-0.15, -0.1) is 0 Å². The number of Topliss-reactive ketones (excluding diaryl/α,β-unsaturated/α-hetero) is 1. The number of ketones is 1. The number of nitrogens with zero attached hydrogens (tertiary/aromatic N) is 1. The molecule has 0 aromatic heterocycles. The first-order valence-electron chi connectivity index (χ1n) is 4.45. The Morgan fingerprint density at radius 2 is 1.86 bits per heavy atom. The molecule has 0 saturated heterocycles. The molecule has 0 atom stereocenters. The number of hydrogen-bond acceptors (Lipinski definition) is 3. The molecule has 14 heavy (non-hydrogen) atoms. The van der Waals surface area contributed by atoms with Crippen molar-refractivity contribution in [3.63, 3.8) is 0 Å². The van der Waals surface area contributed by atoms with E-state index in [-0.39, 0.29) is 16.8 Å². The first kappa shape index (κ1) is 12.8. The van der Waals surface area contributed by atoms with E-state index in [2.05, 4.69) is 6.58 Å². The van der Waals surface area contributed by atoms with Gasteiger partial charge in [-0.3, -0.25) is 4.79 Å². The largest absolute Gasteiger partial charge is 0.544 e. The summed E-state index contributed by atoms with van der Waals surface area (Å²) in [7, 11) is 3.50. The van der Waals surface area contributed by atoms with Gasteiger partial charge in [-0.2, -0.15) is 0 Å². The number of carboxylic acid groups (broad SMARTS) is 1. The zero-order chi connectivity index (χ0) is 11.4. The van der Waals surface area contributed by atoms with Gasteiger partial charge >= 0.3 is 0 Å². The van der Waals surface area contributed by atoms with Crippen LogP contribution in [0.25, 0.3) is 0 Å². The third-order valence-corrected chi connectivity index (χ3v) is 1.98. The average Bonchev–Trinajstić information content (AvgIpc) is 1.97. The Kier molecular flexibility index (Phi) is 4.50. The Labute approximate surface area is 84.4 Å². The van der Waals surface area contributed by atoms with Gasteiger partial charge in [-0.05, 0) is 12.5 Å². The monoisotopic (exact) mass is 199 g/mol. The lowest BCUT2D eigenvalue weighted by Gasteiger charge is -2.29. The van der Waals surface area contributed by atoms with E-state index in [1.807, 2.05) is 0 Å². The van der Waals surface area contributed by atoms with Crippen LogP contribution in [0.3, 0.4) is 0 Å². The van der Waals surface area contributed by atoms with Crippen LogP contribution in [0.5, 0.6) is 0 Å². The second kappa shape index (κ2) is 4.91. The predicted molar refractivity (Wildman–Crippen MR) is 51.3 cm³/mol. The van der Waals surface area contributed by atoms with Crippen LogP contribution in [0, 0.1) is 0 Å². The molecule has 0 unspecified atom stereocenters. The first-order chi connectivity index (χ1) is 6.24. The van der Waals surface area contributed by atoms with E-state index in [4.69, 9.17) is 0 Å². The summed E-state index contributed by atoms with van der Waals surface area (Å²) in [6, 6.07) is 0. The molecule has 0 spiro atoms. The van der Waals surface area contributed by atoms with E-state index < -0.39 is 5.97 Å². The van der Waals surface area contributed by atoms with Crippen LogP contribution in [-0.4, -0.2) is 43.4 Å². The van der Waals surface area contributed by atoms with Crippen molar-refractivity contribution >= 4 is 11.8 Å². The van der Waals surface area contributed by atoms with Gasteiger partial charge in [0.2, 0.25) is 0 Å². The lowest BCUT2D eigenvalue weighted by atomic mass is 10.1. The van der Waals surface area contributed by atoms with Crippen LogP contribution in [0.15, 0.2) is 12.2 Å².